The fraction of sp³-hybridized carbons (Fsp3) is 0.286. The predicted molar refractivity (Wildman–Crippen MR) is 74.9 cm³/mol. The van der Waals surface area contributed by atoms with Crippen LogP contribution >= 0.6 is 11.6 Å². The van der Waals surface area contributed by atoms with Crippen molar-refractivity contribution >= 4 is 17.5 Å². The van der Waals surface area contributed by atoms with Gasteiger partial charge in [-0.15, -0.1) is 11.6 Å². The summed E-state index contributed by atoms with van der Waals surface area (Å²) in [4.78, 5) is 10.8. The van der Waals surface area contributed by atoms with Crippen LogP contribution < -0.4 is 4.90 Å². The zero-order chi connectivity index (χ0) is 13.0. The van der Waals surface area contributed by atoms with Crippen LogP contribution in [0.5, 0.6) is 0 Å². The minimum atomic E-state index is 0.453. The van der Waals surface area contributed by atoms with Gasteiger partial charge < -0.3 is 4.90 Å². The molecule has 0 aliphatic heterocycles. The Morgan fingerprint density at radius 1 is 1.22 bits per heavy atom. The normalized spacial score (nSPS) is 10.4. The average molecular weight is 262 g/mol. The molecule has 2 rings (SSSR count). The van der Waals surface area contributed by atoms with E-state index in [1.54, 1.807) is 6.20 Å². The molecule has 0 aliphatic carbocycles. The molecule has 4 heteroatoms. The van der Waals surface area contributed by atoms with Gasteiger partial charge in [-0.3, -0.25) is 0 Å². The number of benzene rings is 1. The highest BCUT2D eigenvalue weighted by Gasteiger charge is 2.07. The largest absolute Gasteiger partial charge is 0.340 e. The molecule has 0 unspecified atom stereocenters. The maximum Gasteiger partial charge on any atom is 0.225 e. The van der Waals surface area contributed by atoms with Crippen molar-refractivity contribution in [1.29, 1.82) is 0 Å². The second-order valence-corrected chi connectivity index (χ2v) is 4.52. The van der Waals surface area contributed by atoms with Crippen molar-refractivity contribution in [2.75, 3.05) is 11.9 Å². The monoisotopic (exact) mass is 261 g/mol. The van der Waals surface area contributed by atoms with E-state index in [2.05, 4.69) is 22.1 Å². The van der Waals surface area contributed by atoms with Crippen LogP contribution in [-0.2, 0) is 12.4 Å². The van der Waals surface area contributed by atoms with Crippen molar-refractivity contribution < 1.29 is 0 Å². The molecule has 0 aliphatic rings. The molecule has 0 bridgehead atoms. The summed E-state index contributed by atoms with van der Waals surface area (Å²) in [6.07, 6.45) is 1.80. The van der Waals surface area contributed by atoms with E-state index in [0.717, 1.165) is 23.8 Å². The maximum atomic E-state index is 5.80. The van der Waals surface area contributed by atoms with Crippen molar-refractivity contribution in [2.45, 2.75) is 19.3 Å². The molecule has 0 saturated carbocycles. The van der Waals surface area contributed by atoms with E-state index in [1.807, 2.05) is 37.1 Å². The molecule has 94 valence electrons. The van der Waals surface area contributed by atoms with Gasteiger partial charge in [-0.25, -0.2) is 9.97 Å². The van der Waals surface area contributed by atoms with Crippen LogP contribution in [0.2, 0.25) is 0 Å². The number of anilines is 1. The van der Waals surface area contributed by atoms with E-state index in [4.69, 9.17) is 11.6 Å². The van der Waals surface area contributed by atoms with E-state index in [9.17, 15) is 0 Å². The quantitative estimate of drug-likeness (QED) is 0.792. The molecular formula is C14H16ClN3. The first kappa shape index (κ1) is 12.8. The molecule has 1 aromatic heterocycles. The van der Waals surface area contributed by atoms with E-state index < -0.39 is 0 Å². The lowest BCUT2D eigenvalue weighted by Gasteiger charge is -2.17. The molecule has 0 radical (unpaired) electrons. The summed E-state index contributed by atoms with van der Waals surface area (Å²) in [6, 6.07) is 10.3. The lowest BCUT2D eigenvalue weighted by Crippen LogP contribution is -2.19. The van der Waals surface area contributed by atoms with Gasteiger partial charge in [-0.2, -0.15) is 0 Å². The Hall–Kier alpha value is -1.61. The molecule has 0 spiro atoms. The number of hydrogen-bond donors (Lipinski definition) is 0. The van der Waals surface area contributed by atoms with Gasteiger partial charge in [0, 0.05) is 31.0 Å². The highest BCUT2D eigenvalue weighted by molar-refractivity contribution is 6.17. The first-order chi connectivity index (χ1) is 8.70. The van der Waals surface area contributed by atoms with Crippen LogP contribution in [-0.4, -0.2) is 17.0 Å². The number of nitrogens with zero attached hydrogens (tertiary/aromatic N) is 3. The van der Waals surface area contributed by atoms with Crippen LogP contribution in [0, 0.1) is 6.92 Å². The summed E-state index contributed by atoms with van der Waals surface area (Å²) < 4.78 is 0. The highest BCUT2D eigenvalue weighted by Crippen LogP contribution is 2.14. The molecule has 0 N–H and O–H groups in total. The number of aromatic nitrogens is 2. The first-order valence-electron chi connectivity index (χ1n) is 5.84. The third-order valence-electron chi connectivity index (χ3n) is 2.82. The van der Waals surface area contributed by atoms with Gasteiger partial charge in [0.15, 0.2) is 0 Å². The summed E-state index contributed by atoms with van der Waals surface area (Å²) in [5, 5.41) is 0. The number of alkyl halides is 1. The van der Waals surface area contributed by atoms with Crippen LogP contribution in [0.1, 0.15) is 16.8 Å². The fourth-order valence-corrected chi connectivity index (χ4v) is 1.99. The van der Waals surface area contributed by atoms with Crippen LogP contribution in [0.4, 0.5) is 5.95 Å². The number of aryl methyl sites for hydroxylation is 1. The van der Waals surface area contributed by atoms with Crippen molar-refractivity contribution in [3.8, 4) is 0 Å². The number of hydrogen-bond acceptors (Lipinski definition) is 3. The Labute approximate surface area is 112 Å². The standard InChI is InChI=1S/C14H16ClN3/c1-11-13(8-15)9-16-14(17-11)18(2)10-12-6-4-3-5-7-12/h3-7,9H,8,10H2,1-2H3. The molecule has 0 atom stereocenters. The van der Waals surface area contributed by atoms with Crippen LogP contribution in [0.15, 0.2) is 36.5 Å². The Kier molecular flexibility index (Phi) is 4.15. The smallest absolute Gasteiger partial charge is 0.225 e. The Morgan fingerprint density at radius 3 is 2.56 bits per heavy atom. The first-order valence-corrected chi connectivity index (χ1v) is 6.37. The van der Waals surface area contributed by atoms with Crippen molar-refractivity contribution in [3.05, 3.63) is 53.3 Å². The summed E-state index contributed by atoms with van der Waals surface area (Å²) in [5.74, 6) is 1.18. The van der Waals surface area contributed by atoms with Crippen LogP contribution in [0.25, 0.3) is 0 Å². The van der Waals surface area contributed by atoms with E-state index in [0.29, 0.717) is 5.88 Å². The average Bonchev–Trinajstić information content (AvgIpc) is 2.39. The third kappa shape index (κ3) is 2.99. The number of halogens is 1. The van der Waals surface area contributed by atoms with Gasteiger partial charge >= 0.3 is 0 Å². The lowest BCUT2D eigenvalue weighted by molar-refractivity contribution is 0.854. The zero-order valence-corrected chi connectivity index (χ0v) is 11.4. The zero-order valence-electron chi connectivity index (χ0n) is 10.6. The van der Waals surface area contributed by atoms with Gasteiger partial charge in [0.25, 0.3) is 0 Å². The summed E-state index contributed by atoms with van der Waals surface area (Å²) in [7, 11) is 1.99. The van der Waals surface area contributed by atoms with Crippen molar-refractivity contribution in [3.63, 3.8) is 0 Å². The van der Waals surface area contributed by atoms with Gasteiger partial charge in [0.1, 0.15) is 0 Å². The summed E-state index contributed by atoms with van der Waals surface area (Å²) in [5.41, 5.74) is 3.16. The summed E-state index contributed by atoms with van der Waals surface area (Å²) in [6.45, 7) is 2.75. The van der Waals surface area contributed by atoms with Crippen molar-refractivity contribution in [1.82, 2.24) is 9.97 Å². The molecule has 3 nitrogen and oxygen atoms in total. The molecule has 1 aromatic carbocycles. The van der Waals surface area contributed by atoms with E-state index >= 15 is 0 Å². The molecular weight excluding hydrogens is 246 g/mol. The maximum absolute atomic E-state index is 5.80. The molecule has 1 heterocycles. The molecule has 0 saturated heterocycles. The third-order valence-corrected chi connectivity index (χ3v) is 3.10. The van der Waals surface area contributed by atoms with Gasteiger partial charge in [-0.1, -0.05) is 30.3 Å². The number of rotatable bonds is 4. The minimum absolute atomic E-state index is 0.453. The molecule has 0 amide bonds. The second-order valence-electron chi connectivity index (χ2n) is 4.26. The Morgan fingerprint density at radius 2 is 1.94 bits per heavy atom. The SMILES string of the molecule is Cc1nc(N(C)Cc2ccccc2)ncc1CCl. The fourth-order valence-electron chi connectivity index (χ4n) is 1.72. The highest BCUT2D eigenvalue weighted by atomic mass is 35.5. The van der Waals surface area contributed by atoms with Crippen molar-refractivity contribution in [2.24, 2.45) is 0 Å². The van der Waals surface area contributed by atoms with Gasteiger partial charge in [-0.05, 0) is 12.5 Å². The Bertz CT molecular complexity index is 514. The van der Waals surface area contributed by atoms with E-state index in [-0.39, 0.29) is 0 Å². The molecule has 0 fully saturated rings. The minimum Gasteiger partial charge on any atom is -0.340 e. The Balaban J connectivity index is 2.14. The topological polar surface area (TPSA) is 29.0 Å². The van der Waals surface area contributed by atoms with Crippen LogP contribution in [0.3, 0.4) is 0 Å². The summed E-state index contributed by atoms with van der Waals surface area (Å²) >= 11 is 5.80. The van der Waals surface area contributed by atoms with Gasteiger partial charge in [0.2, 0.25) is 5.95 Å². The van der Waals surface area contributed by atoms with E-state index in [1.165, 1.54) is 5.56 Å². The molecule has 18 heavy (non-hydrogen) atoms. The lowest BCUT2D eigenvalue weighted by atomic mass is 10.2. The van der Waals surface area contributed by atoms with Gasteiger partial charge in [0.05, 0.1) is 5.88 Å². The predicted octanol–water partition coefficient (Wildman–Crippen LogP) is 3.16. The second kappa shape index (κ2) is 5.83. The molecule has 2 aromatic rings.